The maximum absolute atomic E-state index is 10.7. The number of allylic oxidation sites excluding steroid dienone is 4. The van der Waals surface area contributed by atoms with Crippen LogP contribution in [0.2, 0.25) is 0 Å². The number of carbonyl (C=O) groups excluding carboxylic acids is 1. The summed E-state index contributed by atoms with van der Waals surface area (Å²) in [5.41, 5.74) is 2.59. The Labute approximate surface area is 98.2 Å². The molecule has 0 aliphatic rings. The van der Waals surface area contributed by atoms with Gasteiger partial charge in [-0.1, -0.05) is 23.3 Å². The molecule has 0 aromatic carbocycles. The third-order valence-electron chi connectivity index (χ3n) is 2.23. The molecule has 86 valence electrons. The molecule has 0 fully saturated rings. The van der Waals surface area contributed by atoms with Crippen molar-refractivity contribution < 1.29 is 4.79 Å². The summed E-state index contributed by atoms with van der Waals surface area (Å²) in [5, 5.41) is 0. The van der Waals surface area contributed by atoms with E-state index in [1.807, 2.05) is 6.92 Å². The van der Waals surface area contributed by atoms with Crippen molar-refractivity contribution in [2.45, 2.75) is 46.5 Å². The van der Waals surface area contributed by atoms with Crippen LogP contribution in [0, 0.1) is 0 Å². The van der Waals surface area contributed by atoms with E-state index in [9.17, 15) is 4.79 Å². The van der Waals surface area contributed by atoms with Crippen LogP contribution in [-0.4, -0.2) is 11.7 Å². The minimum atomic E-state index is 0.261. The zero-order chi connectivity index (χ0) is 11.7. The van der Waals surface area contributed by atoms with Crippen molar-refractivity contribution in [1.82, 2.24) is 0 Å². The lowest BCUT2D eigenvalue weighted by molar-refractivity contribution is -0.116. The SMILES string of the molecule is CC(=O)CCC=C(C)CCC=C(C)CCl. The van der Waals surface area contributed by atoms with E-state index in [0.29, 0.717) is 12.3 Å². The lowest BCUT2D eigenvalue weighted by Crippen LogP contribution is -1.87. The van der Waals surface area contributed by atoms with Crippen LogP contribution in [0.3, 0.4) is 0 Å². The monoisotopic (exact) mass is 228 g/mol. The van der Waals surface area contributed by atoms with Crippen LogP contribution in [0.1, 0.15) is 46.5 Å². The van der Waals surface area contributed by atoms with Crippen LogP contribution in [0.25, 0.3) is 0 Å². The van der Waals surface area contributed by atoms with Crippen molar-refractivity contribution in [2.24, 2.45) is 0 Å². The molecule has 0 rings (SSSR count). The van der Waals surface area contributed by atoms with Crippen molar-refractivity contribution in [3.8, 4) is 0 Å². The molecular formula is C13H21ClO. The minimum absolute atomic E-state index is 0.261. The molecule has 0 aliphatic heterocycles. The Kier molecular flexibility index (Phi) is 8.40. The second-order valence-electron chi connectivity index (χ2n) is 4.01. The summed E-state index contributed by atoms with van der Waals surface area (Å²) < 4.78 is 0. The first-order valence-electron chi connectivity index (χ1n) is 5.43. The van der Waals surface area contributed by atoms with Gasteiger partial charge in [0, 0.05) is 12.3 Å². The van der Waals surface area contributed by atoms with Crippen LogP contribution >= 0.6 is 11.6 Å². The molecule has 1 nitrogen and oxygen atoms in total. The van der Waals surface area contributed by atoms with Gasteiger partial charge in [0.1, 0.15) is 5.78 Å². The number of hydrogen-bond acceptors (Lipinski definition) is 1. The van der Waals surface area contributed by atoms with Crippen molar-refractivity contribution in [1.29, 1.82) is 0 Å². The number of hydrogen-bond donors (Lipinski definition) is 0. The van der Waals surface area contributed by atoms with Gasteiger partial charge in [0.25, 0.3) is 0 Å². The molecule has 0 radical (unpaired) electrons. The standard InChI is InChI=1S/C13H21ClO/c1-11(7-5-9-13(3)15)6-4-8-12(2)10-14/h7-8H,4-6,9-10H2,1-3H3. The lowest BCUT2D eigenvalue weighted by atomic mass is 10.1. The van der Waals surface area contributed by atoms with Gasteiger partial charge in [0.15, 0.2) is 0 Å². The minimum Gasteiger partial charge on any atom is -0.300 e. The number of rotatable bonds is 7. The van der Waals surface area contributed by atoms with Crippen LogP contribution in [0.15, 0.2) is 23.3 Å². The summed E-state index contributed by atoms with van der Waals surface area (Å²) in [5.74, 6) is 0.879. The van der Waals surface area contributed by atoms with E-state index in [1.165, 1.54) is 11.1 Å². The molecule has 0 aromatic heterocycles. The van der Waals surface area contributed by atoms with Gasteiger partial charge in [-0.25, -0.2) is 0 Å². The zero-order valence-electron chi connectivity index (χ0n) is 9.98. The summed E-state index contributed by atoms with van der Waals surface area (Å²) in [6.07, 6.45) is 7.97. The normalized spacial score (nSPS) is 13.1. The molecule has 0 bridgehead atoms. The third-order valence-corrected chi connectivity index (χ3v) is 2.65. The predicted molar refractivity (Wildman–Crippen MR) is 67.4 cm³/mol. The highest BCUT2D eigenvalue weighted by molar-refractivity contribution is 6.19. The Morgan fingerprint density at radius 1 is 1.00 bits per heavy atom. The quantitative estimate of drug-likeness (QED) is 0.470. The van der Waals surface area contributed by atoms with Crippen LogP contribution in [0.4, 0.5) is 0 Å². The molecule has 0 aliphatic carbocycles. The molecule has 2 heteroatoms. The van der Waals surface area contributed by atoms with Gasteiger partial charge in [-0.15, -0.1) is 11.6 Å². The summed E-state index contributed by atoms with van der Waals surface area (Å²) in [7, 11) is 0. The van der Waals surface area contributed by atoms with Gasteiger partial charge in [0.2, 0.25) is 0 Å². The highest BCUT2D eigenvalue weighted by Gasteiger charge is 1.92. The Hall–Kier alpha value is -0.560. The third kappa shape index (κ3) is 9.74. The Morgan fingerprint density at radius 2 is 1.53 bits per heavy atom. The molecule has 0 atom stereocenters. The fraction of sp³-hybridized carbons (Fsp3) is 0.615. The van der Waals surface area contributed by atoms with Gasteiger partial charge in [-0.3, -0.25) is 0 Å². The van der Waals surface area contributed by atoms with Gasteiger partial charge in [-0.05, 0) is 40.0 Å². The topological polar surface area (TPSA) is 17.1 Å². The summed E-state index contributed by atoms with van der Waals surface area (Å²) in [6.45, 7) is 5.79. The highest BCUT2D eigenvalue weighted by Crippen LogP contribution is 2.09. The summed E-state index contributed by atoms with van der Waals surface area (Å²) in [6, 6.07) is 0. The van der Waals surface area contributed by atoms with E-state index in [-0.39, 0.29) is 5.78 Å². The lowest BCUT2D eigenvalue weighted by Gasteiger charge is -1.99. The molecule has 0 N–H and O–H groups in total. The summed E-state index contributed by atoms with van der Waals surface area (Å²) in [4.78, 5) is 10.7. The average Bonchev–Trinajstić information content (AvgIpc) is 2.17. The van der Waals surface area contributed by atoms with Crippen molar-refractivity contribution in [3.05, 3.63) is 23.3 Å². The predicted octanol–water partition coefficient (Wildman–Crippen LogP) is 4.27. The number of carbonyl (C=O) groups is 1. The van der Waals surface area contributed by atoms with Gasteiger partial charge in [0.05, 0.1) is 0 Å². The maximum Gasteiger partial charge on any atom is 0.130 e. The van der Waals surface area contributed by atoms with E-state index >= 15 is 0 Å². The number of alkyl halides is 1. The molecule has 0 heterocycles. The molecule has 0 amide bonds. The number of halogens is 1. The van der Waals surface area contributed by atoms with Crippen LogP contribution in [0.5, 0.6) is 0 Å². The second kappa shape index (κ2) is 8.72. The van der Waals surface area contributed by atoms with Gasteiger partial charge < -0.3 is 4.79 Å². The van der Waals surface area contributed by atoms with Gasteiger partial charge >= 0.3 is 0 Å². The molecular weight excluding hydrogens is 208 g/mol. The van der Waals surface area contributed by atoms with E-state index in [4.69, 9.17) is 11.6 Å². The molecule has 15 heavy (non-hydrogen) atoms. The van der Waals surface area contributed by atoms with Crippen LogP contribution < -0.4 is 0 Å². The smallest absolute Gasteiger partial charge is 0.130 e. The van der Waals surface area contributed by atoms with E-state index in [1.54, 1.807) is 6.92 Å². The second-order valence-corrected chi connectivity index (χ2v) is 4.28. The first-order chi connectivity index (χ1) is 7.06. The molecule has 0 saturated heterocycles. The van der Waals surface area contributed by atoms with Crippen molar-refractivity contribution in [3.63, 3.8) is 0 Å². The summed E-state index contributed by atoms with van der Waals surface area (Å²) >= 11 is 5.67. The van der Waals surface area contributed by atoms with Crippen LogP contribution in [-0.2, 0) is 4.79 Å². The van der Waals surface area contributed by atoms with Crippen molar-refractivity contribution >= 4 is 17.4 Å². The maximum atomic E-state index is 10.7. The number of ketones is 1. The largest absolute Gasteiger partial charge is 0.300 e. The molecule has 0 aromatic rings. The fourth-order valence-electron chi connectivity index (χ4n) is 1.22. The zero-order valence-corrected chi connectivity index (χ0v) is 10.7. The fourth-order valence-corrected chi connectivity index (χ4v) is 1.33. The molecule has 0 spiro atoms. The number of Topliss-reactive ketones (excluding diaryl/α,β-unsaturated/α-hetero) is 1. The average molecular weight is 229 g/mol. The Balaban J connectivity index is 3.73. The van der Waals surface area contributed by atoms with Crippen molar-refractivity contribution in [2.75, 3.05) is 5.88 Å². The highest BCUT2D eigenvalue weighted by atomic mass is 35.5. The van der Waals surface area contributed by atoms with Gasteiger partial charge in [-0.2, -0.15) is 0 Å². The molecule has 0 saturated carbocycles. The molecule has 0 unspecified atom stereocenters. The first-order valence-corrected chi connectivity index (χ1v) is 5.96. The Bertz CT molecular complexity index is 251. The van der Waals surface area contributed by atoms with E-state index in [2.05, 4.69) is 19.1 Å². The van der Waals surface area contributed by atoms with E-state index < -0.39 is 0 Å². The Morgan fingerprint density at radius 3 is 2.07 bits per heavy atom. The first kappa shape index (κ1) is 14.4. The van der Waals surface area contributed by atoms with E-state index in [0.717, 1.165) is 19.3 Å².